The molecule has 4 heteroatoms. The van der Waals surface area contributed by atoms with Crippen molar-refractivity contribution in [2.75, 3.05) is 19.6 Å². The fourth-order valence-electron chi connectivity index (χ4n) is 4.68. The van der Waals surface area contributed by atoms with Gasteiger partial charge in [0.25, 0.3) is 0 Å². The van der Waals surface area contributed by atoms with Gasteiger partial charge in [0.2, 0.25) is 0 Å². The highest BCUT2D eigenvalue weighted by molar-refractivity contribution is 5.82. The minimum Gasteiger partial charge on any atom is -0.303 e. The Bertz CT molecular complexity index is 576. The Morgan fingerprint density at radius 1 is 1.08 bits per heavy atom. The lowest BCUT2D eigenvalue weighted by atomic mass is 9.77. The Morgan fingerprint density at radius 3 is 2.27 bits per heavy atom. The number of piperidine rings is 1. The molecule has 0 radical (unpaired) electrons. The highest BCUT2D eigenvalue weighted by Crippen LogP contribution is 2.32. The van der Waals surface area contributed by atoms with Gasteiger partial charge in [0.05, 0.1) is 12.2 Å². The van der Waals surface area contributed by atoms with Crippen molar-refractivity contribution in [1.82, 2.24) is 14.7 Å². The fourth-order valence-corrected chi connectivity index (χ4v) is 4.68. The van der Waals surface area contributed by atoms with E-state index in [2.05, 4.69) is 34.7 Å². The summed E-state index contributed by atoms with van der Waals surface area (Å²) in [4.78, 5) is 14.8. The molecule has 146 valence electrons. The molecule has 0 aromatic carbocycles. The maximum Gasteiger partial charge on any atom is 0.138 e. The minimum atomic E-state index is 0.203. The second kappa shape index (κ2) is 8.69. The van der Waals surface area contributed by atoms with E-state index in [-0.39, 0.29) is 5.92 Å². The molecule has 26 heavy (non-hydrogen) atoms. The van der Waals surface area contributed by atoms with Crippen molar-refractivity contribution in [3.8, 4) is 0 Å². The Morgan fingerprint density at radius 2 is 1.73 bits per heavy atom. The quantitative estimate of drug-likeness (QED) is 0.740. The lowest BCUT2D eigenvalue weighted by molar-refractivity contribution is -0.127. The first kappa shape index (κ1) is 19.6. The van der Waals surface area contributed by atoms with Gasteiger partial charge in [0.1, 0.15) is 5.78 Å². The van der Waals surface area contributed by atoms with Crippen molar-refractivity contribution in [3.63, 3.8) is 0 Å². The molecular weight excluding hydrogens is 322 g/mol. The molecule has 4 nitrogen and oxygen atoms in total. The van der Waals surface area contributed by atoms with Crippen molar-refractivity contribution < 1.29 is 4.79 Å². The van der Waals surface area contributed by atoms with Crippen LogP contribution in [0.1, 0.15) is 83.7 Å². The minimum absolute atomic E-state index is 0.203. The molecular formula is C22H37N3O. The number of nitrogens with zero attached hydrogens (tertiary/aromatic N) is 3. The molecule has 3 rings (SSSR count). The molecule has 2 heterocycles. The summed E-state index contributed by atoms with van der Waals surface area (Å²) in [5.41, 5.74) is 1.35. The van der Waals surface area contributed by atoms with Gasteiger partial charge in [-0.25, -0.2) is 0 Å². The SMILES string of the molecule is CC(C)C(=O)C1CCC(CN2CCC(n3cc(C(C)C)cn3)CC2)CC1. The van der Waals surface area contributed by atoms with Crippen molar-refractivity contribution in [3.05, 3.63) is 18.0 Å². The van der Waals surface area contributed by atoms with Crippen LogP contribution in [0, 0.1) is 17.8 Å². The molecule has 0 N–H and O–H groups in total. The number of hydrogen-bond acceptors (Lipinski definition) is 3. The van der Waals surface area contributed by atoms with Crippen LogP contribution in [-0.2, 0) is 4.79 Å². The average molecular weight is 360 g/mol. The average Bonchev–Trinajstić information content (AvgIpc) is 3.13. The predicted octanol–water partition coefficient (Wildman–Crippen LogP) is 4.67. The van der Waals surface area contributed by atoms with Crippen LogP contribution in [0.25, 0.3) is 0 Å². The van der Waals surface area contributed by atoms with Crippen LogP contribution in [0.3, 0.4) is 0 Å². The Kier molecular flexibility index (Phi) is 6.55. The Labute approximate surface area is 159 Å². The van der Waals surface area contributed by atoms with Crippen LogP contribution in [0.15, 0.2) is 12.4 Å². The summed E-state index contributed by atoms with van der Waals surface area (Å²) in [7, 11) is 0. The van der Waals surface area contributed by atoms with E-state index in [1.54, 1.807) is 0 Å². The highest BCUT2D eigenvalue weighted by Gasteiger charge is 2.29. The number of rotatable bonds is 6. The second-order valence-corrected chi connectivity index (χ2v) is 9.21. The van der Waals surface area contributed by atoms with Crippen molar-refractivity contribution in [2.24, 2.45) is 17.8 Å². The third-order valence-corrected chi connectivity index (χ3v) is 6.55. The van der Waals surface area contributed by atoms with Gasteiger partial charge in [0.15, 0.2) is 0 Å². The van der Waals surface area contributed by atoms with Gasteiger partial charge in [-0.2, -0.15) is 5.10 Å². The summed E-state index contributed by atoms with van der Waals surface area (Å²) in [6.45, 7) is 12.1. The first-order chi connectivity index (χ1) is 12.4. The summed E-state index contributed by atoms with van der Waals surface area (Å²) >= 11 is 0. The first-order valence-corrected chi connectivity index (χ1v) is 10.7. The third kappa shape index (κ3) is 4.76. The molecule has 0 atom stereocenters. The Hall–Kier alpha value is -1.16. The van der Waals surface area contributed by atoms with Gasteiger partial charge < -0.3 is 4.90 Å². The monoisotopic (exact) mass is 359 g/mol. The lowest BCUT2D eigenvalue weighted by Gasteiger charge is -2.36. The summed E-state index contributed by atoms with van der Waals surface area (Å²) in [5, 5.41) is 4.61. The van der Waals surface area contributed by atoms with Crippen LogP contribution < -0.4 is 0 Å². The smallest absolute Gasteiger partial charge is 0.138 e. The number of Topliss-reactive ketones (excluding diaryl/α,β-unsaturated/α-hetero) is 1. The van der Waals surface area contributed by atoms with E-state index in [0.29, 0.717) is 23.7 Å². The number of carbonyl (C=O) groups excluding carboxylic acids is 1. The van der Waals surface area contributed by atoms with Crippen LogP contribution in [0.5, 0.6) is 0 Å². The molecule has 1 saturated heterocycles. The second-order valence-electron chi connectivity index (χ2n) is 9.21. The Balaban J connectivity index is 1.41. The zero-order valence-corrected chi connectivity index (χ0v) is 17.2. The number of hydrogen-bond donors (Lipinski definition) is 0. The number of aromatic nitrogens is 2. The summed E-state index contributed by atoms with van der Waals surface area (Å²) in [6.07, 6.45) is 11.4. The zero-order chi connectivity index (χ0) is 18.7. The largest absolute Gasteiger partial charge is 0.303 e. The predicted molar refractivity (Wildman–Crippen MR) is 106 cm³/mol. The number of likely N-dealkylation sites (tertiary alicyclic amines) is 1. The van der Waals surface area contributed by atoms with Gasteiger partial charge in [-0.15, -0.1) is 0 Å². The molecule has 2 aliphatic rings. The van der Waals surface area contributed by atoms with Gasteiger partial charge in [-0.1, -0.05) is 27.7 Å². The molecule has 0 bridgehead atoms. The summed E-state index contributed by atoms with van der Waals surface area (Å²) in [6, 6.07) is 0.568. The first-order valence-electron chi connectivity index (χ1n) is 10.7. The van der Waals surface area contributed by atoms with Gasteiger partial charge in [0, 0.05) is 37.7 Å². The van der Waals surface area contributed by atoms with E-state index in [4.69, 9.17) is 0 Å². The fraction of sp³-hybridized carbons (Fsp3) is 0.818. The van der Waals surface area contributed by atoms with Crippen LogP contribution in [-0.4, -0.2) is 40.1 Å². The van der Waals surface area contributed by atoms with Crippen LogP contribution in [0.2, 0.25) is 0 Å². The van der Waals surface area contributed by atoms with Crippen LogP contribution in [0.4, 0.5) is 0 Å². The molecule has 0 amide bonds. The van der Waals surface area contributed by atoms with E-state index in [0.717, 1.165) is 18.8 Å². The van der Waals surface area contributed by atoms with Gasteiger partial charge in [-0.3, -0.25) is 9.48 Å². The molecule has 1 aliphatic heterocycles. The molecule has 1 aliphatic carbocycles. The molecule has 1 aromatic rings. The lowest BCUT2D eigenvalue weighted by Crippen LogP contribution is -2.39. The van der Waals surface area contributed by atoms with E-state index in [9.17, 15) is 4.79 Å². The summed E-state index contributed by atoms with van der Waals surface area (Å²) in [5.74, 6) is 2.38. The maximum absolute atomic E-state index is 12.2. The van der Waals surface area contributed by atoms with E-state index in [1.807, 2.05) is 20.0 Å². The molecule has 1 saturated carbocycles. The van der Waals surface area contributed by atoms with Gasteiger partial charge >= 0.3 is 0 Å². The number of carbonyl (C=O) groups is 1. The highest BCUT2D eigenvalue weighted by atomic mass is 16.1. The number of ketones is 1. The van der Waals surface area contributed by atoms with Gasteiger partial charge in [-0.05, 0) is 55.9 Å². The van der Waals surface area contributed by atoms with E-state index < -0.39 is 0 Å². The van der Waals surface area contributed by atoms with Crippen molar-refractivity contribution in [1.29, 1.82) is 0 Å². The molecule has 0 unspecified atom stereocenters. The maximum atomic E-state index is 12.2. The topological polar surface area (TPSA) is 38.1 Å². The standard InChI is InChI=1S/C22H37N3O/c1-16(2)20-13-23-25(15-20)21-9-11-24(12-10-21)14-18-5-7-19(8-6-18)22(26)17(3)4/h13,15-19,21H,5-12,14H2,1-4H3. The van der Waals surface area contributed by atoms with E-state index in [1.165, 1.54) is 50.9 Å². The van der Waals surface area contributed by atoms with Crippen molar-refractivity contribution >= 4 is 5.78 Å². The van der Waals surface area contributed by atoms with E-state index >= 15 is 0 Å². The summed E-state index contributed by atoms with van der Waals surface area (Å²) < 4.78 is 2.20. The molecule has 1 aromatic heterocycles. The van der Waals surface area contributed by atoms with Crippen molar-refractivity contribution in [2.45, 2.75) is 78.2 Å². The molecule has 0 spiro atoms. The normalized spacial score (nSPS) is 25.9. The zero-order valence-electron chi connectivity index (χ0n) is 17.2. The third-order valence-electron chi connectivity index (χ3n) is 6.55. The van der Waals surface area contributed by atoms with Crippen LogP contribution >= 0.6 is 0 Å². The molecule has 2 fully saturated rings.